The molecule has 1 aliphatic heterocycles. The van der Waals surface area contributed by atoms with Crippen LogP contribution in [-0.4, -0.2) is 61.8 Å². The maximum atomic E-state index is 12.9. The zero-order valence-corrected chi connectivity index (χ0v) is 14.1. The van der Waals surface area contributed by atoms with Crippen LogP contribution in [-0.2, 0) is 14.6 Å². The highest BCUT2D eigenvalue weighted by atomic mass is 32.2. The summed E-state index contributed by atoms with van der Waals surface area (Å²) in [5.41, 5.74) is 0.929. The van der Waals surface area contributed by atoms with Crippen molar-refractivity contribution >= 4 is 15.7 Å². The molecular formula is C16H24N2O3S. The quantitative estimate of drug-likeness (QED) is 0.820. The summed E-state index contributed by atoms with van der Waals surface area (Å²) in [7, 11) is -2.96. The van der Waals surface area contributed by atoms with Gasteiger partial charge in [-0.05, 0) is 19.4 Å². The summed E-state index contributed by atoms with van der Waals surface area (Å²) in [5.74, 6) is 0.305. The predicted molar refractivity (Wildman–Crippen MR) is 87.3 cm³/mol. The molecule has 1 aliphatic rings. The zero-order valence-electron chi connectivity index (χ0n) is 13.2. The molecular weight excluding hydrogens is 300 g/mol. The van der Waals surface area contributed by atoms with Crippen molar-refractivity contribution in [2.45, 2.75) is 19.9 Å². The molecule has 1 aromatic rings. The monoisotopic (exact) mass is 324 g/mol. The topological polar surface area (TPSA) is 57.7 Å². The number of hydrogen-bond donors (Lipinski definition) is 0. The van der Waals surface area contributed by atoms with Crippen molar-refractivity contribution < 1.29 is 13.2 Å². The molecule has 1 aromatic carbocycles. The summed E-state index contributed by atoms with van der Waals surface area (Å²) < 4.78 is 23.3. The minimum absolute atomic E-state index is 0.0514. The largest absolute Gasteiger partial charge is 0.342 e. The lowest BCUT2D eigenvalue weighted by Gasteiger charge is -2.36. The van der Waals surface area contributed by atoms with E-state index in [9.17, 15) is 13.2 Å². The summed E-state index contributed by atoms with van der Waals surface area (Å²) >= 11 is 0. The first kappa shape index (κ1) is 17.0. The van der Waals surface area contributed by atoms with Crippen LogP contribution in [0.15, 0.2) is 30.3 Å². The SMILES string of the molecule is CCN(CC)C(=O)[C@@H](c1ccccc1)N1CCS(=O)(=O)CC1. The van der Waals surface area contributed by atoms with Crippen LogP contribution in [0.1, 0.15) is 25.5 Å². The van der Waals surface area contributed by atoms with Gasteiger partial charge in [0.1, 0.15) is 6.04 Å². The van der Waals surface area contributed by atoms with E-state index in [0.29, 0.717) is 26.2 Å². The van der Waals surface area contributed by atoms with Gasteiger partial charge in [-0.3, -0.25) is 9.69 Å². The molecule has 1 atom stereocenters. The van der Waals surface area contributed by atoms with Gasteiger partial charge < -0.3 is 4.90 Å². The average molecular weight is 324 g/mol. The van der Waals surface area contributed by atoms with Gasteiger partial charge in [0.05, 0.1) is 11.5 Å². The summed E-state index contributed by atoms with van der Waals surface area (Å²) in [6, 6.07) is 9.24. The van der Waals surface area contributed by atoms with Crippen LogP contribution in [0.4, 0.5) is 0 Å². The lowest BCUT2D eigenvalue weighted by Crippen LogP contribution is -2.48. The fourth-order valence-electron chi connectivity index (χ4n) is 2.84. The molecule has 0 N–H and O–H groups in total. The molecule has 22 heavy (non-hydrogen) atoms. The van der Waals surface area contributed by atoms with Crippen molar-refractivity contribution in [3.63, 3.8) is 0 Å². The predicted octanol–water partition coefficient (Wildman–Crippen LogP) is 1.33. The molecule has 1 saturated heterocycles. The van der Waals surface area contributed by atoms with Crippen molar-refractivity contribution in [1.29, 1.82) is 0 Å². The highest BCUT2D eigenvalue weighted by Crippen LogP contribution is 2.25. The summed E-state index contributed by atoms with van der Waals surface area (Å²) in [6.45, 7) is 6.06. The Hall–Kier alpha value is -1.40. The van der Waals surface area contributed by atoms with E-state index in [1.807, 2.05) is 49.1 Å². The Balaban J connectivity index is 2.28. The molecule has 0 radical (unpaired) electrons. The Morgan fingerprint density at radius 3 is 2.18 bits per heavy atom. The third-order valence-electron chi connectivity index (χ3n) is 4.17. The van der Waals surface area contributed by atoms with Crippen molar-refractivity contribution in [2.24, 2.45) is 0 Å². The summed E-state index contributed by atoms with van der Waals surface area (Å²) in [5, 5.41) is 0. The first-order chi connectivity index (χ1) is 10.5. The number of hydrogen-bond acceptors (Lipinski definition) is 4. The summed E-state index contributed by atoms with van der Waals surface area (Å²) in [6.07, 6.45) is 0. The lowest BCUT2D eigenvalue weighted by atomic mass is 10.0. The van der Waals surface area contributed by atoms with Gasteiger partial charge in [-0.2, -0.15) is 0 Å². The molecule has 2 rings (SSSR count). The van der Waals surface area contributed by atoms with E-state index in [2.05, 4.69) is 0 Å². The van der Waals surface area contributed by atoms with Crippen molar-refractivity contribution in [1.82, 2.24) is 9.80 Å². The van der Waals surface area contributed by atoms with Crippen molar-refractivity contribution in [2.75, 3.05) is 37.7 Å². The number of carbonyl (C=O) groups excluding carboxylic acids is 1. The molecule has 0 unspecified atom stereocenters. The molecule has 1 fully saturated rings. The highest BCUT2D eigenvalue weighted by molar-refractivity contribution is 7.91. The van der Waals surface area contributed by atoms with Crippen LogP contribution in [0.2, 0.25) is 0 Å². The van der Waals surface area contributed by atoms with Gasteiger partial charge in [-0.25, -0.2) is 8.42 Å². The van der Waals surface area contributed by atoms with Crippen LogP contribution >= 0.6 is 0 Å². The molecule has 5 nitrogen and oxygen atoms in total. The first-order valence-electron chi connectivity index (χ1n) is 7.76. The number of benzene rings is 1. The molecule has 0 aromatic heterocycles. The first-order valence-corrected chi connectivity index (χ1v) is 9.59. The van der Waals surface area contributed by atoms with Gasteiger partial charge >= 0.3 is 0 Å². The van der Waals surface area contributed by atoms with Gasteiger partial charge in [0.25, 0.3) is 0 Å². The molecule has 0 saturated carbocycles. The Morgan fingerprint density at radius 2 is 1.68 bits per heavy atom. The molecule has 0 bridgehead atoms. The molecule has 1 amide bonds. The van der Waals surface area contributed by atoms with Crippen LogP contribution in [0.5, 0.6) is 0 Å². The van der Waals surface area contributed by atoms with Crippen LogP contribution < -0.4 is 0 Å². The smallest absolute Gasteiger partial charge is 0.244 e. The third kappa shape index (κ3) is 3.87. The third-order valence-corrected chi connectivity index (χ3v) is 5.78. The second-order valence-corrected chi connectivity index (χ2v) is 7.82. The number of carbonyl (C=O) groups is 1. The number of sulfone groups is 1. The van der Waals surface area contributed by atoms with Crippen LogP contribution in [0.25, 0.3) is 0 Å². The van der Waals surface area contributed by atoms with E-state index in [1.54, 1.807) is 4.90 Å². The Morgan fingerprint density at radius 1 is 1.14 bits per heavy atom. The molecule has 6 heteroatoms. The van der Waals surface area contributed by atoms with Crippen molar-refractivity contribution in [3.8, 4) is 0 Å². The van der Waals surface area contributed by atoms with E-state index in [4.69, 9.17) is 0 Å². The van der Waals surface area contributed by atoms with E-state index in [-0.39, 0.29) is 17.4 Å². The maximum Gasteiger partial charge on any atom is 0.244 e. The van der Waals surface area contributed by atoms with E-state index < -0.39 is 15.9 Å². The number of amides is 1. The van der Waals surface area contributed by atoms with Gasteiger partial charge in [0.15, 0.2) is 9.84 Å². The number of nitrogens with zero attached hydrogens (tertiary/aromatic N) is 2. The number of likely N-dealkylation sites (N-methyl/N-ethyl adjacent to an activating group) is 1. The van der Waals surface area contributed by atoms with Crippen molar-refractivity contribution in [3.05, 3.63) is 35.9 Å². The fraction of sp³-hybridized carbons (Fsp3) is 0.562. The van der Waals surface area contributed by atoms with E-state index in [1.165, 1.54) is 0 Å². The highest BCUT2D eigenvalue weighted by Gasteiger charge is 2.34. The molecule has 0 aliphatic carbocycles. The average Bonchev–Trinajstić information content (AvgIpc) is 2.51. The second kappa shape index (κ2) is 7.24. The minimum Gasteiger partial charge on any atom is -0.342 e. The normalized spacial score (nSPS) is 19.5. The van der Waals surface area contributed by atoms with Crippen LogP contribution in [0, 0.1) is 0 Å². The summed E-state index contributed by atoms with van der Waals surface area (Å²) in [4.78, 5) is 16.7. The van der Waals surface area contributed by atoms with Gasteiger partial charge in [-0.1, -0.05) is 30.3 Å². The second-order valence-electron chi connectivity index (χ2n) is 5.51. The van der Waals surface area contributed by atoms with Gasteiger partial charge in [0, 0.05) is 26.2 Å². The standard InChI is InChI=1S/C16H24N2O3S/c1-3-17(4-2)16(19)15(14-8-6-5-7-9-14)18-10-12-22(20,21)13-11-18/h5-9,15H,3-4,10-13H2,1-2H3/t15-/m1/s1. The Kier molecular flexibility index (Phi) is 5.58. The maximum absolute atomic E-state index is 12.9. The Bertz CT molecular complexity index is 583. The van der Waals surface area contributed by atoms with Gasteiger partial charge in [0.2, 0.25) is 5.91 Å². The zero-order chi connectivity index (χ0) is 16.2. The lowest BCUT2D eigenvalue weighted by molar-refractivity contribution is -0.136. The molecule has 0 spiro atoms. The Labute approximate surface area is 132 Å². The molecule has 1 heterocycles. The van der Waals surface area contributed by atoms with Gasteiger partial charge in [-0.15, -0.1) is 0 Å². The minimum atomic E-state index is -2.96. The van der Waals surface area contributed by atoms with Crippen LogP contribution in [0.3, 0.4) is 0 Å². The van der Waals surface area contributed by atoms with E-state index in [0.717, 1.165) is 5.56 Å². The fourth-order valence-corrected chi connectivity index (χ4v) is 4.07. The van der Waals surface area contributed by atoms with E-state index >= 15 is 0 Å². The number of rotatable bonds is 5. The molecule has 122 valence electrons.